The van der Waals surface area contributed by atoms with Crippen LogP contribution in [0.2, 0.25) is 0 Å². The highest BCUT2D eigenvalue weighted by molar-refractivity contribution is 9.10. The molecule has 90 valence electrons. The summed E-state index contributed by atoms with van der Waals surface area (Å²) in [5.74, 6) is -0.0238. The highest BCUT2D eigenvalue weighted by atomic mass is 79.9. The van der Waals surface area contributed by atoms with Gasteiger partial charge in [0.1, 0.15) is 11.6 Å². The SMILES string of the molecule is Nc1cc(Br)c(F)cc1OCCCCCO. The summed E-state index contributed by atoms with van der Waals surface area (Å²) in [7, 11) is 0. The van der Waals surface area contributed by atoms with E-state index in [-0.39, 0.29) is 12.4 Å². The van der Waals surface area contributed by atoms with Crippen molar-refractivity contribution in [2.24, 2.45) is 0 Å². The lowest BCUT2D eigenvalue weighted by molar-refractivity contribution is 0.266. The van der Waals surface area contributed by atoms with Gasteiger partial charge in [-0.05, 0) is 41.3 Å². The third-order valence-electron chi connectivity index (χ3n) is 2.11. The standard InChI is InChI=1S/C11H15BrFNO2/c12-8-6-10(14)11(7-9(8)13)16-5-3-1-2-4-15/h6-7,15H,1-5,14H2. The zero-order chi connectivity index (χ0) is 12.0. The fourth-order valence-corrected chi connectivity index (χ4v) is 1.60. The maximum absolute atomic E-state index is 13.2. The third kappa shape index (κ3) is 3.98. The molecule has 1 aromatic carbocycles. The Morgan fingerprint density at radius 1 is 1.31 bits per heavy atom. The van der Waals surface area contributed by atoms with Crippen LogP contribution in [0.4, 0.5) is 10.1 Å². The normalized spacial score (nSPS) is 10.4. The largest absolute Gasteiger partial charge is 0.491 e. The molecule has 5 heteroatoms. The summed E-state index contributed by atoms with van der Waals surface area (Å²) in [6, 6.07) is 2.75. The number of rotatable bonds is 6. The number of benzene rings is 1. The van der Waals surface area contributed by atoms with E-state index in [1.54, 1.807) is 0 Å². The molecule has 0 saturated carbocycles. The van der Waals surface area contributed by atoms with E-state index < -0.39 is 0 Å². The Kier molecular flexibility index (Phi) is 5.55. The van der Waals surface area contributed by atoms with Crippen molar-refractivity contribution < 1.29 is 14.2 Å². The minimum atomic E-state index is -0.389. The predicted octanol–water partition coefficient (Wildman–Crippen LogP) is 2.71. The summed E-state index contributed by atoms with van der Waals surface area (Å²) < 4.78 is 18.9. The molecule has 0 aliphatic rings. The summed E-state index contributed by atoms with van der Waals surface area (Å²) in [6.45, 7) is 0.667. The summed E-state index contributed by atoms with van der Waals surface area (Å²) >= 11 is 3.04. The van der Waals surface area contributed by atoms with Crippen LogP contribution in [0, 0.1) is 5.82 Å². The van der Waals surface area contributed by atoms with Crippen LogP contribution >= 0.6 is 15.9 Å². The van der Waals surface area contributed by atoms with Crippen LogP contribution in [0.5, 0.6) is 5.75 Å². The van der Waals surface area contributed by atoms with E-state index in [2.05, 4.69) is 15.9 Å². The van der Waals surface area contributed by atoms with E-state index in [0.29, 0.717) is 22.5 Å². The minimum Gasteiger partial charge on any atom is -0.491 e. The number of nitrogen functional groups attached to an aromatic ring is 1. The first-order chi connectivity index (χ1) is 7.65. The number of aliphatic hydroxyl groups excluding tert-OH is 1. The van der Waals surface area contributed by atoms with Crippen molar-refractivity contribution in [1.29, 1.82) is 0 Å². The Bertz CT molecular complexity index is 347. The van der Waals surface area contributed by atoms with Crippen molar-refractivity contribution in [3.63, 3.8) is 0 Å². The van der Waals surface area contributed by atoms with Crippen LogP contribution in [0.25, 0.3) is 0 Å². The Morgan fingerprint density at radius 2 is 2.06 bits per heavy atom. The van der Waals surface area contributed by atoms with Gasteiger partial charge in [0.05, 0.1) is 16.8 Å². The van der Waals surface area contributed by atoms with Gasteiger partial charge in [0, 0.05) is 12.7 Å². The van der Waals surface area contributed by atoms with Crippen molar-refractivity contribution in [3.8, 4) is 5.75 Å². The van der Waals surface area contributed by atoms with Gasteiger partial charge in [-0.1, -0.05) is 0 Å². The summed E-state index contributed by atoms with van der Waals surface area (Å²) in [5, 5.41) is 8.58. The van der Waals surface area contributed by atoms with Gasteiger partial charge in [0.15, 0.2) is 0 Å². The van der Waals surface area contributed by atoms with Crippen molar-refractivity contribution in [2.45, 2.75) is 19.3 Å². The number of ether oxygens (including phenoxy) is 1. The molecular formula is C11H15BrFNO2. The monoisotopic (exact) mass is 291 g/mol. The number of anilines is 1. The zero-order valence-corrected chi connectivity index (χ0v) is 10.5. The number of halogens is 2. The van der Waals surface area contributed by atoms with E-state index in [9.17, 15) is 4.39 Å². The molecular weight excluding hydrogens is 277 g/mol. The molecule has 0 aliphatic heterocycles. The molecule has 0 fully saturated rings. The van der Waals surface area contributed by atoms with Crippen molar-refractivity contribution in [1.82, 2.24) is 0 Å². The van der Waals surface area contributed by atoms with Crippen molar-refractivity contribution in [3.05, 3.63) is 22.4 Å². The van der Waals surface area contributed by atoms with Crippen LogP contribution in [0.3, 0.4) is 0 Å². The van der Waals surface area contributed by atoms with Gasteiger partial charge in [0.2, 0.25) is 0 Å². The fraction of sp³-hybridized carbons (Fsp3) is 0.455. The van der Waals surface area contributed by atoms with E-state index in [0.717, 1.165) is 19.3 Å². The Labute approximate surface area is 103 Å². The lowest BCUT2D eigenvalue weighted by Gasteiger charge is -2.09. The molecule has 0 amide bonds. The molecule has 0 unspecified atom stereocenters. The molecule has 16 heavy (non-hydrogen) atoms. The molecule has 3 nitrogen and oxygen atoms in total. The maximum atomic E-state index is 13.2. The van der Waals surface area contributed by atoms with Gasteiger partial charge in [0.25, 0.3) is 0 Å². The fourth-order valence-electron chi connectivity index (χ4n) is 1.24. The molecule has 0 spiro atoms. The lowest BCUT2D eigenvalue weighted by Crippen LogP contribution is -2.01. The second-order valence-corrected chi connectivity index (χ2v) is 4.29. The van der Waals surface area contributed by atoms with Crippen LogP contribution in [0.15, 0.2) is 16.6 Å². The van der Waals surface area contributed by atoms with Gasteiger partial charge in [-0.25, -0.2) is 4.39 Å². The first-order valence-electron chi connectivity index (χ1n) is 5.13. The van der Waals surface area contributed by atoms with E-state index in [1.165, 1.54) is 12.1 Å². The van der Waals surface area contributed by atoms with Gasteiger partial charge in [-0.3, -0.25) is 0 Å². The summed E-state index contributed by atoms with van der Waals surface area (Å²) in [5.41, 5.74) is 6.08. The molecule has 3 N–H and O–H groups in total. The zero-order valence-electron chi connectivity index (χ0n) is 8.88. The maximum Gasteiger partial charge on any atom is 0.145 e. The summed E-state index contributed by atoms with van der Waals surface area (Å²) in [4.78, 5) is 0. The Hall–Kier alpha value is -0.810. The van der Waals surface area contributed by atoms with E-state index in [1.807, 2.05) is 0 Å². The van der Waals surface area contributed by atoms with Crippen LogP contribution < -0.4 is 10.5 Å². The van der Waals surface area contributed by atoms with Crippen LogP contribution in [-0.4, -0.2) is 18.3 Å². The number of hydrogen-bond donors (Lipinski definition) is 2. The number of nitrogens with two attached hydrogens (primary N) is 1. The Balaban J connectivity index is 2.45. The molecule has 1 aromatic rings. The smallest absolute Gasteiger partial charge is 0.145 e. The van der Waals surface area contributed by atoms with E-state index in [4.69, 9.17) is 15.6 Å². The highest BCUT2D eigenvalue weighted by Gasteiger charge is 2.06. The van der Waals surface area contributed by atoms with Crippen molar-refractivity contribution in [2.75, 3.05) is 18.9 Å². The molecule has 0 aliphatic carbocycles. The second-order valence-electron chi connectivity index (χ2n) is 3.44. The van der Waals surface area contributed by atoms with Gasteiger partial charge >= 0.3 is 0 Å². The van der Waals surface area contributed by atoms with Crippen LogP contribution in [0.1, 0.15) is 19.3 Å². The first kappa shape index (κ1) is 13.3. The predicted molar refractivity (Wildman–Crippen MR) is 64.9 cm³/mol. The number of aliphatic hydroxyl groups is 1. The highest BCUT2D eigenvalue weighted by Crippen LogP contribution is 2.28. The molecule has 0 bridgehead atoms. The second kappa shape index (κ2) is 6.70. The topological polar surface area (TPSA) is 55.5 Å². The average Bonchev–Trinajstić information content (AvgIpc) is 2.25. The third-order valence-corrected chi connectivity index (χ3v) is 2.72. The van der Waals surface area contributed by atoms with Gasteiger partial charge in [-0.2, -0.15) is 0 Å². The number of unbranched alkanes of at least 4 members (excludes halogenated alkanes) is 2. The van der Waals surface area contributed by atoms with Crippen molar-refractivity contribution >= 4 is 21.6 Å². The minimum absolute atomic E-state index is 0.190. The molecule has 0 atom stereocenters. The Morgan fingerprint density at radius 3 is 2.75 bits per heavy atom. The molecule has 0 aromatic heterocycles. The molecule has 0 saturated heterocycles. The lowest BCUT2D eigenvalue weighted by atomic mass is 10.2. The van der Waals surface area contributed by atoms with E-state index >= 15 is 0 Å². The summed E-state index contributed by atoms with van der Waals surface area (Å²) in [6.07, 6.45) is 2.46. The van der Waals surface area contributed by atoms with Gasteiger partial charge in [-0.15, -0.1) is 0 Å². The first-order valence-corrected chi connectivity index (χ1v) is 5.92. The molecule has 1 rings (SSSR count). The number of hydrogen-bond acceptors (Lipinski definition) is 3. The molecule has 0 radical (unpaired) electrons. The van der Waals surface area contributed by atoms with Crippen LogP contribution in [-0.2, 0) is 0 Å². The quantitative estimate of drug-likeness (QED) is 0.626. The average molecular weight is 292 g/mol. The molecule has 0 heterocycles. The van der Waals surface area contributed by atoms with Gasteiger partial charge < -0.3 is 15.6 Å².